The maximum absolute atomic E-state index is 12.8. The molecule has 170 valence electrons. The fourth-order valence-corrected chi connectivity index (χ4v) is 4.30. The molecule has 0 radical (unpaired) electrons. The number of fused-ring (bicyclic) bond motifs is 1. The number of aromatic carboxylic acids is 1. The van der Waals surface area contributed by atoms with Gasteiger partial charge in [0, 0.05) is 22.7 Å². The zero-order chi connectivity index (χ0) is 23.7. The van der Waals surface area contributed by atoms with Crippen molar-refractivity contribution in [2.45, 2.75) is 26.5 Å². The second-order valence-corrected chi connectivity index (χ2v) is 8.60. The van der Waals surface area contributed by atoms with E-state index in [0.717, 1.165) is 27.6 Å². The Bertz CT molecular complexity index is 1300. The topological polar surface area (TPSA) is 119 Å². The zero-order valence-electron chi connectivity index (χ0n) is 17.8. The molecule has 1 aliphatic heterocycles. The van der Waals surface area contributed by atoms with Gasteiger partial charge in [-0.15, -0.1) is 0 Å². The smallest absolute Gasteiger partial charge is 0.371 e. The number of imide groups is 1. The number of carbonyl (C=O) groups is 4. The Morgan fingerprint density at radius 3 is 2.64 bits per heavy atom. The third kappa shape index (κ3) is 4.70. The van der Waals surface area contributed by atoms with Gasteiger partial charge >= 0.3 is 11.9 Å². The van der Waals surface area contributed by atoms with Gasteiger partial charge in [-0.05, 0) is 49.9 Å². The molecule has 3 heterocycles. The second-order valence-electron chi connectivity index (χ2n) is 7.61. The van der Waals surface area contributed by atoms with Crippen molar-refractivity contribution in [3.63, 3.8) is 0 Å². The highest BCUT2D eigenvalue weighted by molar-refractivity contribution is 8.18. The average Bonchev–Trinajstić information content (AvgIpc) is 3.42. The second kappa shape index (κ2) is 8.99. The summed E-state index contributed by atoms with van der Waals surface area (Å²) >= 11 is 0.764. The van der Waals surface area contributed by atoms with E-state index in [2.05, 4.69) is 0 Å². The van der Waals surface area contributed by atoms with E-state index in [-0.39, 0.29) is 23.3 Å². The Labute approximate surface area is 192 Å². The number of benzene rings is 1. The molecule has 2 aromatic heterocycles. The molecular formula is C23H20N2O7S. The van der Waals surface area contributed by atoms with Gasteiger partial charge in [0.2, 0.25) is 5.76 Å². The van der Waals surface area contributed by atoms with Crippen molar-refractivity contribution in [1.82, 2.24) is 9.47 Å². The number of hydrogen-bond acceptors (Lipinski definition) is 7. The maximum Gasteiger partial charge on any atom is 0.371 e. The molecule has 4 rings (SSSR count). The molecule has 0 spiro atoms. The molecule has 1 aliphatic rings. The van der Waals surface area contributed by atoms with Crippen molar-refractivity contribution < 1.29 is 33.4 Å². The lowest BCUT2D eigenvalue weighted by atomic mass is 10.1. The minimum absolute atomic E-state index is 0.147. The average molecular weight is 468 g/mol. The number of amides is 2. The number of ether oxygens (including phenoxy) is 1. The third-order valence-corrected chi connectivity index (χ3v) is 5.74. The summed E-state index contributed by atoms with van der Waals surface area (Å²) in [5.41, 5.74) is 1.54. The van der Waals surface area contributed by atoms with Gasteiger partial charge in [0.05, 0.1) is 17.6 Å². The Balaban J connectivity index is 1.62. The van der Waals surface area contributed by atoms with Crippen LogP contribution in [0.25, 0.3) is 17.0 Å². The Morgan fingerprint density at radius 1 is 1.18 bits per heavy atom. The first-order chi connectivity index (χ1) is 15.7. The molecular weight excluding hydrogens is 448 g/mol. The molecule has 1 N–H and O–H groups in total. The van der Waals surface area contributed by atoms with Crippen LogP contribution in [0.15, 0.2) is 51.9 Å². The maximum atomic E-state index is 12.8. The lowest BCUT2D eigenvalue weighted by Gasteiger charge is -2.13. The minimum Gasteiger partial charge on any atom is -0.475 e. The number of nitrogens with zero attached hydrogens (tertiary/aromatic N) is 2. The van der Waals surface area contributed by atoms with Crippen molar-refractivity contribution in [2.24, 2.45) is 0 Å². The Hall–Kier alpha value is -3.79. The predicted molar refractivity (Wildman–Crippen MR) is 121 cm³/mol. The van der Waals surface area contributed by atoms with E-state index in [4.69, 9.17) is 14.3 Å². The first kappa shape index (κ1) is 22.4. The fraction of sp³-hybridized carbons (Fsp3) is 0.217. The molecule has 0 saturated carbocycles. The van der Waals surface area contributed by atoms with Crippen LogP contribution in [-0.4, -0.2) is 50.3 Å². The van der Waals surface area contributed by atoms with Crippen LogP contribution in [-0.2, 0) is 20.9 Å². The monoisotopic (exact) mass is 468 g/mol. The number of hydrogen-bond donors (Lipinski definition) is 1. The van der Waals surface area contributed by atoms with Crippen LogP contribution < -0.4 is 0 Å². The summed E-state index contributed by atoms with van der Waals surface area (Å²) in [6.45, 7) is 3.22. The Kier molecular flexibility index (Phi) is 6.10. The number of para-hydroxylation sites is 1. The lowest BCUT2D eigenvalue weighted by Crippen LogP contribution is -2.35. The van der Waals surface area contributed by atoms with Crippen molar-refractivity contribution in [3.05, 3.63) is 64.6 Å². The highest BCUT2D eigenvalue weighted by atomic mass is 32.2. The van der Waals surface area contributed by atoms with Crippen LogP contribution in [0.4, 0.5) is 4.79 Å². The van der Waals surface area contributed by atoms with E-state index in [0.29, 0.717) is 11.3 Å². The largest absolute Gasteiger partial charge is 0.475 e. The SMILES string of the molecule is CC(C)OC(=O)CN1C(=O)SC(=Cc2cn(Cc3ccc(C(=O)O)o3)c3ccccc23)C1=O. The standard InChI is InChI=1S/C23H20N2O7S/c1-13(2)31-20(26)12-25-21(27)19(33-23(25)30)9-14-10-24(17-6-4-3-5-16(14)17)11-15-7-8-18(32-15)22(28)29/h3-10,13H,11-12H2,1-2H3,(H,28,29). The normalized spacial score (nSPS) is 15.2. The molecule has 1 aromatic carbocycles. The van der Waals surface area contributed by atoms with E-state index in [1.54, 1.807) is 32.2 Å². The summed E-state index contributed by atoms with van der Waals surface area (Å²) in [6.07, 6.45) is 3.07. The van der Waals surface area contributed by atoms with Crippen LogP contribution >= 0.6 is 11.8 Å². The van der Waals surface area contributed by atoms with Gasteiger partial charge < -0.3 is 18.8 Å². The van der Waals surface area contributed by atoms with Crippen LogP contribution in [0.2, 0.25) is 0 Å². The highest BCUT2D eigenvalue weighted by Gasteiger charge is 2.37. The molecule has 2 amide bonds. The summed E-state index contributed by atoms with van der Waals surface area (Å²) in [6, 6.07) is 10.5. The molecule has 9 nitrogen and oxygen atoms in total. The van der Waals surface area contributed by atoms with Gasteiger partial charge in [-0.25, -0.2) is 4.79 Å². The molecule has 10 heteroatoms. The predicted octanol–water partition coefficient (Wildman–Crippen LogP) is 3.97. The summed E-state index contributed by atoms with van der Waals surface area (Å²) in [5, 5.41) is 9.37. The van der Waals surface area contributed by atoms with E-state index in [9.17, 15) is 19.2 Å². The molecule has 0 aliphatic carbocycles. The molecule has 1 fully saturated rings. The number of aromatic nitrogens is 1. The first-order valence-corrected chi connectivity index (χ1v) is 10.9. The summed E-state index contributed by atoms with van der Waals surface area (Å²) in [4.78, 5) is 49.2. The van der Waals surface area contributed by atoms with Gasteiger partial charge in [-0.1, -0.05) is 18.2 Å². The molecule has 0 atom stereocenters. The third-order valence-electron chi connectivity index (χ3n) is 4.83. The summed E-state index contributed by atoms with van der Waals surface area (Å²) < 4.78 is 12.3. The lowest BCUT2D eigenvalue weighted by molar-refractivity contribution is -0.149. The minimum atomic E-state index is -1.15. The first-order valence-electron chi connectivity index (χ1n) is 10.1. The zero-order valence-corrected chi connectivity index (χ0v) is 18.6. The molecule has 3 aromatic rings. The van der Waals surface area contributed by atoms with Gasteiger partial charge in [0.1, 0.15) is 12.3 Å². The number of esters is 1. The van der Waals surface area contributed by atoms with Gasteiger partial charge in [-0.2, -0.15) is 0 Å². The molecule has 33 heavy (non-hydrogen) atoms. The van der Waals surface area contributed by atoms with Crippen molar-refractivity contribution in [1.29, 1.82) is 0 Å². The van der Waals surface area contributed by atoms with Crippen LogP contribution in [0, 0.1) is 0 Å². The van der Waals surface area contributed by atoms with Gasteiger partial charge in [0.15, 0.2) is 0 Å². The van der Waals surface area contributed by atoms with Crippen LogP contribution in [0.5, 0.6) is 0 Å². The van der Waals surface area contributed by atoms with Gasteiger partial charge in [0.25, 0.3) is 11.1 Å². The molecule has 0 bridgehead atoms. The van der Waals surface area contributed by atoms with Crippen molar-refractivity contribution in [2.75, 3.05) is 6.54 Å². The highest BCUT2D eigenvalue weighted by Crippen LogP contribution is 2.34. The molecule has 0 unspecified atom stereocenters. The number of thioether (sulfide) groups is 1. The fourth-order valence-electron chi connectivity index (χ4n) is 3.47. The van der Waals surface area contributed by atoms with E-state index < -0.39 is 29.6 Å². The van der Waals surface area contributed by atoms with E-state index in [1.807, 2.05) is 28.8 Å². The quantitative estimate of drug-likeness (QED) is 0.409. The number of furan rings is 1. The summed E-state index contributed by atoms with van der Waals surface area (Å²) in [7, 11) is 0. The summed E-state index contributed by atoms with van der Waals surface area (Å²) in [5.74, 6) is -2.04. The number of carboxylic acid groups (broad SMARTS) is 1. The number of carbonyl (C=O) groups excluding carboxylic acids is 3. The van der Waals surface area contributed by atoms with E-state index >= 15 is 0 Å². The van der Waals surface area contributed by atoms with Crippen molar-refractivity contribution in [3.8, 4) is 0 Å². The molecule has 1 saturated heterocycles. The van der Waals surface area contributed by atoms with Crippen LogP contribution in [0.1, 0.15) is 35.7 Å². The van der Waals surface area contributed by atoms with Crippen LogP contribution in [0.3, 0.4) is 0 Å². The number of rotatable bonds is 7. The number of carboxylic acids is 1. The Morgan fingerprint density at radius 2 is 1.94 bits per heavy atom. The van der Waals surface area contributed by atoms with Gasteiger partial charge in [-0.3, -0.25) is 19.3 Å². The van der Waals surface area contributed by atoms with E-state index in [1.165, 1.54) is 6.07 Å². The van der Waals surface area contributed by atoms with Crippen molar-refractivity contribution >= 4 is 51.8 Å².